The van der Waals surface area contributed by atoms with Gasteiger partial charge in [-0.3, -0.25) is 0 Å². The minimum Gasteiger partial charge on any atom is -0.477 e. The lowest BCUT2D eigenvalue weighted by atomic mass is 10.2. The molecule has 7 heteroatoms. The Kier molecular flexibility index (Phi) is 3.96. The summed E-state index contributed by atoms with van der Waals surface area (Å²) < 4.78 is 42.1. The predicted octanol–water partition coefficient (Wildman–Crippen LogP) is 3.18. The fraction of sp³-hybridized carbons (Fsp3) is 0.556. The second kappa shape index (κ2) is 4.86. The van der Waals surface area contributed by atoms with Crippen LogP contribution in [0.1, 0.15) is 19.5 Å². The third-order valence-electron chi connectivity index (χ3n) is 1.53. The number of aromatic nitrogens is 2. The summed E-state index contributed by atoms with van der Waals surface area (Å²) in [6.07, 6.45) is -4.55. The summed E-state index contributed by atoms with van der Waals surface area (Å²) in [5.74, 6) is 0.0177. The first-order chi connectivity index (χ1) is 7.29. The summed E-state index contributed by atoms with van der Waals surface area (Å²) in [6, 6.07) is 0.730. The molecule has 0 spiro atoms. The van der Waals surface area contributed by atoms with Crippen molar-refractivity contribution in [1.29, 1.82) is 0 Å². The normalized spacial score (nSPS) is 11.9. The molecule has 0 aliphatic carbocycles. The van der Waals surface area contributed by atoms with Gasteiger partial charge in [0.1, 0.15) is 0 Å². The lowest BCUT2D eigenvalue weighted by molar-refractivity contribution is -0.141. The van der Waals surface area contributed by atoms with Crippen LogP contribution >= 0.6 is 11.6 Å². The van der Waals surface area contributed by atoms with Crippen molar-refractivity contribution in [2.24, 2.45) is 5.92 Å². The Bertz CT molecular complexity index is 368. The van der Waals surface area contributed by atoms with E-state index < -0.39 is 17.2 Å². The Morgan fingerprint density at radius 2 is 2.00 bits per heavy atom. The van der Waals surface area contributed by atoms with Crippen LogP contribution in [0.25, 0.3) is 0 Å². The number of alkyl halides is 3. The van der Waals surface area contributed by atoms with E-state index in [4.69, 9.17) is 16.3 Å². The third kappa shape index (κ3) is 3.84. The van der Waals surface area contributed by atoms with E-state index in [-0.39, 0.29) is 18.4 Å². The standard InChI is InChI=1S/C9H10ClF3N2O/c1-5(2)4-16-7-3-6(9(11,12)13)14-8(10)15-7/h3,5H,4H2,1-2H3. The Morgan fingerprint density at radius 3 is 2.50 bits per heavy atom. The summed E-state index contributed by atoms with van der Waals surface area (Å²) in [5, 5.41) is -0.478. The second-order valence-corrected chi connectivity index (χ2v) is 3.90. The molecule has 0 aliphatic heterocycles. The van der Waals surface area contributed by atoms with Crippen LogP contribution in [-0.2, 0) is 6.18 Å². The molecule has 16 heavy (non-hydrogen) atoms. The maximum atomic E-state index is 12.3. The fourth-order valence-electron chi connectivity index (χ4n) is 0.868. The molecule has 0 bridgehead atoms. The average Bonchev–Trinajstić information content (AvgIpc) is 2.12. The van der Waals surface area contributed by atoms with Crippen molar-refractivity contribution in [2.45, 2.75) is 20.0 Å². The largest absolute Gasteiger partial charge is 0.477 e. The van der Waals surface area contributed by atoms with Crippen LogP contribution in [0.2, 0.25) is 5.28 Å². The summed E-state index contributed by atoms with van der Waals surface area (Å²) in [7, 11) is 0. The van der Waals surface area contributed by atoms with E-state index >= 15 is 0 Å². The van der Waals surface area contributed by atoms with Gasteiger partial charge in [0, 0.05) is 6.07 Å². The molecule has 0 aromatic carbocycles. The molecule has 0 fully saturated rings. The lowest BCUT2D eigenvalue weighted by Crippen LogP contribution is -2.11. The summed E-state index contributed by atoms with van der Waals surface area (Å²) in [4.78, 5) is 6.63. The Balaban J connectivity index is 2.90. The quantitative estimate of drug-likeness (QED) is 0.777. The molecule has 1 rings (SSSR count). The molecule has 0 amide bonds. The average molecular weight is 255 g/mol. The first-order valence-corrected chi connectivity index (χ1v) is 4.91. The van der Waals surface area contributed by atoms with Gasteiger partial charge in [-0.25, -0.2) is 4.98 Å². The maximum Gasteiger partial charge on any atom is 0.433 e. The van der Waals surface area contributed by atoms with Crippen molar-refractivity contribution in [3.05, 3.63) is 17.0 Å². The molecule has 0 N–H and O–H groups in total. The Morgan fingerprint density at radius 1 is 1.38 bits per heavy atom. The smallest absolute Gasteiger partial charge is 0.433 e. The van der Waals surface area contributed by atoms with E-state index in [1.54, 1.807) is 0 Å². The number of halogens is 4. The van der Waals surface area contributed by atoms with Gasteiger partial charge in [0.15, 0.2) is 5.69 Å². The molecule has 0 atom stereocenters. The van der Waals surface area contributed by atoms with Crippen LogP contribution in [0, 0.1) is 5.92 Å². The van der Waals surface area contributed by atoms with Gasteiger partial charge in [-0.05, 0) is 17.5 Å². The second-order valence-electron chi connectivity index (χ2n) is 3.56. The first-order valence-electron chi connectivity index (χ1n) is 4.53. The summed E-state index contributed by atoms with van der Waals surface area (Å²) in [6.45, 7) is 4.01. The van der Waals surface area contributed by atoms with Crippen LogP contribution in [0.15, 0.2) is 6.07 Å². The predicted molar refractivity (Wildman–Crippen MR) is 52.4 cm³/mol. The molecule has 0 aliphatic rings. The number of rotatable bonds is 3. The highest BCUT2D eigenvalue weighted by atomic mass is 35.5. The van der Waals surface area contributed by atoms with Crippen molar-refractivity contribution in [3.8, 4) is 5.88 Å². The monoisotopic (exact) mass is 254 g/mol. The molecule has 90 valence electrons. The minimum atomic E-state index is -4.55. The molecule has 1 aromatic rings. The zero-order valence-electron chi connectivity index (χ0n) is 8.68. The summed E-state index contributed by atoms with van der Waals surface area (Å²) >= 11 is 5.37. The van der Waals surface area contributed by atoms with E-state index in [0.29, 0.717) is 0 Å². The molecule has 3 nitrogen and oxygen atoms in total. The molecular formula is C9H10ClF3N2O. The SMILES string of the molecule is CC(C)COc1cc(C(F)(F)F)nc(Cl)n1. The number of nitrogens with zero attached hydrogens (tertiary/aromatic N) is 2. The molecule has 0 saturated carbocycles. The third-order valence-corrected chi connectivity index (χ3v) is 1.70. The molecular weight excluding hydrogens is 245 g/mol. The van der Waals surface area contributed by atoms with E-state index in [9.17, 15) is 13.2 Å². The van der Waals surface area contributed by atoms with Gasteiger partial charge in [-0.2, -0.15) is 18.2 Å². The van der Waals surface area contributed by atoms with Gasteiger partial charge in [0.25, 0.3) is 0 Å². The first kappa shape index (κ1) is 13.0. The van der Waals surface area contributed by atoms with Crippen molar-refractivity contribution in [1.82, 2.24) is 9.97 Å². The molecule has 0 radical (unpaired) electrons. The van der Waals surface area contributed by atoms with Crippen LogP contribution in [0.4, 0.5) is 13.2 Å². The Hall–Kier alpha value is -1.04. The van der Waals surface area contributed by atoms with Crippen LogP contribution in [-0.4, -0.2) is 16.6 Å². The highest BCUT2D eigenvalue weighted by molar-refractivity contribution is 6.28. The van der Waals surface area contributed by atoms with E-state index in [1.165, 1.54) is 0 Å². The van der Waals surface area contributed by atoms with Crippen LogP contribution in [0.3, 0.4) is 0 Å². The van der Waals surface area contributed by atoms with Gasteiger partial charge in [0.2, 0.25) is 11.2 Å². The maximum absolute atomic E-state index is 12.3. The van der Waals surface area contributed by atoms with Gasteiger partial charge < -0.3 is 4.74 Å². The zero-order chi connectivity index (χ0) is 12.3. The van der Waals surface area contributed by atoms with Crippen molar-refractivity contribution in [3.63, 3.8) is 0 Å². The van der Waals surface area contributed by atoms with Gasteiger partial charge in [-0.15, -0.1) is 0 Å². The highest BCUT2D eigenvalue weighted by Gasteiger charge is 2.33. The van der Waals surface area contributed by atoms with Crippen molar-refractivity contribution in [2.75, 3.05) is 6.61 Å². The zero-order valence-corrected chi connectivity index (χ0v) is 9.43. The molecule has 0 unspecified atom stereocenters. The van der Waals surface area contributed by atoms with Crippen molar-refractivity contribution < 1.29 is 17.9 Å². The van der Waals surface area contributed by atoms with Crippen LogP contribution < -0.4 is 4.74 Å². The topological polar surface area (TPSA) is 35.0 Å². The summed E-state index contributed by atoms with van der Waals surface area (Å²) in [5.41, 5.74) is -1.11. The molecule has 1 heterocycles. The van der Waals surface area contributed by atoms with E-state index in [0.717, 1.165) is 6.07 Å². The lowest BCUT2D eigenvalue weighted by Gasteiger charge is -2.10. The van der Waals surface area contributed by atoms with E-state index in [1.807, 2.05) is 13.8 Å². The minimum absolute atomic E-state index is 0.166. The van der Waals surface area contributed by atoms with Gasteiger partial charge in [-0.1, -0.05) is 13.8 Å². The van der Waals surface area contributed by atoms with Crippen LogP contribution in [0.5, 0.6) is 5.88 Å². The molecule has 0 saturated heterocycles. The number of ether oxygens (including phenoxy) is 1. The van der Waals surface area contributed by atoms with Gasteiger partial charge in [0.05, 0.1) is 6.61 Å². The van der Waals surface area contributed by atoms with E-state index in [2.05, 4.69) is 9.97 Å². The number of hydrogen-bond donors (Lipinski definition) is 0. The van der Waals surface area contributed by atoms with Gasteiger partial charge >= 0.3 is 6.18 Å². The Labute approximate surface area is 95.6 Å². The van der Waals surface area contributed by atoms with Crippen molar-refractivity contribution >= 4 is 11.6 Å². The number of hydrogen-bond acceptors (Lipinski definition) is 3. The highest BCUT2D eigenvalue weighted by Crippen LogP contribution is 2.30. The fourth-order valence-corrected chi connectivity index (χ4v) is 1.04. The molecule has 1 aromatic heterocycles.